The number of rotatable bonds is 4. The van der Waals surface area contributed by atoms with Crippen LogP contribution in [0.5, 0.6) is 0 Å². The Balaban J connectivity index is 2.70. The van der Waals surface area contributed by atoms with Gasteiger partial charge in [-0.3, -0.25) is 4.68 Å². The molecule has 0 aromatic carbocycles. The maximum absolute atomic E-state index is 4.49. The second kappa shape index (κ2) is 4.55. The van der Waals surface area contributed by atoms with Gasteiger partial charge in [-0.15, -0.1) is 0 Å². The smallest absolute Gasteiger partial charge is 0.0752 e. The average Bonchev–Trinajstić information content (AvgIpc) is 2.34. The molecular weight excluding hydrogens is 168 g/mol. The van der Waals surface area contributed by atoms with Gasteiger partial charge in [-0.2, -0.15) is 16.9 Å². The minimum atomic E-state index is 1.03. The summed E-state index contributed by atoms with van der Waals surface area (Å²) >= 11 is 1.82. The summed E-state index contributed by atoms with van der Waals surface area (Å²) in [6.45, 7) is 5.34. The van der Waals surface area contributed by atoms with Crippen LogP contribution in [0.1, 0.15) is 24.6 Å². The summed E-state index contributed by atoms with van der Waals surface area (Å²) < 4.78 is 2.04. The second-order valence-corrected chi connectivity index (χ2v) is 3.82. The zero-order chi connectivity index (χ0) is 8.97. The minimum Gasteiger partial charge on any atom is -0.272 e. The van der Waals surface area contributed by atoms with Gasteiger partial charge in [0.25, 0.3) is 0 Å². The molecule has 12 heavy (non-hydrogen) atoms. The van der Waals surface area contributed by atoms with Crippen LogP contribution in [0.15, 0.2) is 6.20 Å². The van der Waals surface area contributed by atoms with E-state index in [1.54, 1.807) is 0 Å². The molecule has 2 nitrogen and oxygen atoms in total. The minimum absolute atomic E-state index is 1.03. The van der Waals surface area contributed by atoms with Gasteiger partial charge in [0, 0.05) is 18.5 Å². The maximum atomic E-state index is 4.49. The van der Waals surface area contributed by atoms with E-state index >= 15 is 0 Å². The predicted octanol–water partition coefficient (Wildman–Crippen LogP) is 2.46. The number of aryl methyl sites for hydroxylation is 2. The first-order valence-electron chi connectivity index (χ1n) is 4.29. The monoisotopic (exact) mass is 184 g/mol. The third-order valence-electron chi connectivity index (χ3n) is 1.78. The van der Waals surface area contributed by atoms with Crippen molar-refractivity contribution < 1.29 is 0 Å². The molecule has 0 saturated heterocycles. The Morgan fingerprint density at radius 2 is 2.33 bits per heavy atom. The Bertz CT molecular complexity index is 243. The number of hydrogen-bond donors (Lipinski definition) is 0. The van der Waals surface area contributed by atoms with Crippen LogP contribution in [-0.2, 0) is 12.3 Å². The molecule has 1 aromatic rings. The third-order valence-corrected chi connectivity index (χ3v) is 2.34. The molecular formula is C9H16N2S. The molecule has 0 fully saturated rings. The third kappa shape index (κ3) is 2.27. The van der Waals surface area contributed by atoms with Crippen LogP contribution in [0, 0.1) is 6.92 Å². The van der Waals surface area contributed by atoms with Gasteiger partial charge >= 0.3 is 0 Å². The van der Waals surface area contributed by atoms with Gasteiger partial charge in [-0.1, -0.05) is 6.92 Å². The van der Waals surface area contributed by atoms with Crippen molar-refractivity contribution in [3.05, 3.63) is 17.5 Å². The van der Waals surface area contributed by atoms with E-state index in [-0.39, 0.29) is 0 Å². The fourth-order valence-corrected chi connectivity index (χ4v) is 1.74. The van der Waals surface area contributed by atoms with Gasteiger partial charge in [0.1, 0.15) is 0 Å². The van der Waals surface area contributed by atoms with Crippen molar-refractivity contribution in [2.75, 3.05) is 6.26 Å². The molecule has 0 unspecified atom stereocenters. The summed E-state index contributed by atoms with van der Waals surface area (Å²) in [5.74, 6) is 1.03. The highest BCUT2D eigenvalue weighted by molar-refractivity contribution is 7.97. The summed E-state index contributed by atoms with van der Waals surface area (Å²) in [5.41, 5.74) is 2.55. The molecule has 68 valence electrons. The van der Waals surface area contributed by atoms with E-state index in [0.29, 0.717) is 0 Å². The lowest BCUT2D eigenvalue weighted by Crippen LogP contribution is -1.97. The first-order valence-corrected chi connectivity index (χ1v) is 5.69. The highest BCUT2D eigenvalue weighted by Gasteiger charge is 2.02. The van der Waals surface area contributed by atoms with Crippen molar-refractivity contribution in [2.24, 2.45) is 0 Å². The van der Waals surface area contributed by atoms with Crippen LogP contribution >= 0.6 is 11.8 Å². The highest BCUT2D eigenvalue weighted by atomic mass is 32.2. The van der Waals surface area contributed by atoms with E-state index in [4.69, 9.17) is 0 Å². The summed E-state index contributed by atoms with van der Waals surface area (Å²) in [7, 11) is 0. The lowest BCUT2D eigenvalue weighted by molar-refractivity contribution is 0.597. The zero-order valence-corrected chi connectivity index (χ0v) is 8.82. The van der Waals surface area contributed by atoms with Crippen molar-refractivity contribution >= 4 is 11.8 Å². The van der Waals surface area contributed by atoms with Gasteiger partial charge < -0.3 is 0 Å². The second-order valence-electron chi connectivity index (χ2n) is 2.95. The van der Waals surface area contributed by atoms with Crippen molar-refractivity contribution in [1.29, 1.82) is 0 Å². The molecule has 1 heterocycles. The van der Waals surface area contributed by atoms with Crippen LogP contribution < -0.4 is 0 Å². The number of thioether (sulfide) groups is 1. The van der Waals surface area contributed by atoms with Gasteiger partial charge in [0.05, 0.1) is 5.69 Å². The molecule has 0 bridgehead atoms. The predicted molar refractivity (Wildman–Crippen MR) is 54.5 cm³/mol. The largest absolute Gasteiger partial charge is 0.272 e. The van der Waals surface area contributed by atoms with Crippen molar-refractivity contribution in [3.8, 4) is 0 Å². The fraction of sp³-hybridized carbons (Fsp3) is 0.667. The summed E-state index contributed by atoms with van der Waals surface area (Å²) in [6, 6.07) is 0. The molecule has 0 aliphatic heterocycles. The number of hydrogen-bond acceptors (Lipinski definition) is 2. The Hall–Kier alpha value is -0.440. The van der Waals surface area contributed by atoms with E-state index in [2.05, 4.69) is 31.4 Å². The first-order chi connectivity index (χ1) is 5.77. The molecule has 0 atom stereocenters. The van der Waals surface area contributed by atoms with E-state index in [9.17, 15) is 0 Å². The average molecular weight is 184 g/mol. The van der Waals surface area contributed by atoms with Gasteiger partial charge in [0.15, 0.2) is 0 Å². The zero-order valence-electron chi connectivity index (χ0n) is 8.00. The quantitative estimate of drug-likeness (QED) is 0.715. The van der Waals surface area contributed by atoms with Crippen LogP contribution in [0.3, 0.4) is 0 Å². The topological polar surface area (TPSA) is 17.8 Å². The van der Waals surface area contributed by atoms with Gasteiger partial charge in [-0.05, 0) is 25.2 Å². The van der Waals surface area contributed by atoms with E-state index < -0.39 is 0 Å². The van der Waals surface area contributed by atoms with Crippen molar-refractivity contribution in [1.82, 2.24) is 9.78 Å². The lowest BCUT2D eigenvalue weighted by atomic mass is 10.3. The van der Waals surface area contributed by atoms with E-state index in [1.807, 2.05) is 16.4 Å². The van der Waals surface area contributed by atoms with Crippen LogP contribution in [0.2, 0.25) is 0 Å². The van der Waals surface area contributed by atoms with Crippen LogP contribution in [0.25, 0.3) is 0 Å². The van der Waals surface area contributed by atoms with Crippen molar-refractivity contribution in [2.45, 2.75) is 32.6 Å². The molecule has 3 heteroatoms. The Morgan fingerprint density at radius 3 is 2.92 bits per heavy atom. The maximum Gasteiger partial charge on any atom is 0.0752 e. The molecule has 0 amide bonds. The van der Waals surface area contributed by atoms with E-state index in [1.165, 1.54) is 11.3 Å². The summed E-state index contributed by atoms with van der Waals surface area (Å²) in [6.07, 6.45) is 5.40. The standard InChI is InChI=1S/C9H16N2S/c1-4-5-11-6-8(2)9(10-11)7-12-3/h6H,4-5,7H2,1-3H3. The SMILES string of the molecule is CCCn1cc(C)c(CSC)n1. The van der Waals surface area contributed by atoms with Gasteiger partial charge in [0.2, 0.25) is 0 Å². The molecule has 0 N–H and O–H groups in total. The molecule has 0 spiro atoms. The molecule has 0 aliphatic carbocycles. The molecule has 0 aliphatic rings. The Kier molecular flexibility index (Phi) is 3.66. The normalized spacial score (nSPS) is 10.6. The lowest BCUT2D eigenvalue weighted by Gasteiger charge is -1.95. The molecule has 1 rings (SSSR count). The van der Waals surface area contributed by atoms with Gasteiger partial charge in [-0.25, -0.2) is 0 Å². The highest BCUT2D eigenvalue weighted by Crippen LogP contribution is 2.11. The molecule has 0 radical (unpaired) electrons. The Labute approximate surface area is 78.4 Å². The Morgan fingerprint density at radius 1 is 1.58 bits per heavy atom. The fourth-order valence-electron chi connectivity index (χ4n) is 1.18. The van der Waals surface area contributed by atoms with Crippen LogP contribution in [-0.4, -0.2) is 16.0 Å². The first kappa shape index (κ1) is 9.65. The number of aromatic nitrogens is 2. The number of nitrogens with zero attached hydrogens (tertiary/aromatic N) is 2. The van der Waals surface area contributed by atoms with Crippen molar-refractivity contribution in [3.63, 3.8) is 0 Å². The van der Waals surface area contributed by atoms with E-state index in [0.717, 1.165) is 18.7 Å². The van der Waals surface area contributed by atoms with Crippen LogP contribution in [0.4, 0.5) is 0 Å². The summed E-state index contributed by atoms with van der Waals surface area (Å²) in [4.78, 5) is 0. The molecule has 0 saturated carbocycles. The summed E-state index contributed by atoms with van der Waals surface area (Å²) in [5, 5.41) is 4.49. The molecule has 1 aromatic heterocycles.